The van der Waals surface area contributed by atoms with Crippen LogP contribution in [0.2, 0.25) is 0 Å². The van der Waals surface area contributed by atoms with E-state index in [9.17, 15) is 0 Å². The molecule has 9 aromatic carbocycles. The van der Waals surface area contributed by atoms with Crippen molar-refractivity contribution in [3.8, 4) is 33.4 Å². The highest BCUT2D eigenvalue weighted by Crippen LogP contribution is 2.48. The van der Waals surface area contributed by atoms with Gasteiger partial charge >= 0.3 is 0 Å². The number of anilines is 3. The maximum Gasteiger partial charge on any atom is 0.137 e. The van der Waals surface area contributed by atoms with Crippen LogP contribution in [0.3, 0.4) is 0 Å². The quantitative estimate of drug-likeness (QED) is 0.167. The van der Waals surface area contributed by atoms with Crippen LogP contribution in [0.4, 0.5) is 17.1 Å². The van der Waals surface area contributed by atoms with Crippen LogP contribution < -0.4 is 4.90 Å². The fraction of sp³-hybridized carbons (Fsp3) is 0. The molecule has 0 atom stereocenters. The van der Waals surface area contributed by atoms with Gasteiger partial charge in [-0.15, -0.1) is 22.7 Å². The molecule has 0 bridgehead atoms. The topological polar surface area (TPSA) is 16.4 Å². The molecule has 0 aliphatic rings. The average Bonchev–Trinajstić information content (AvgIpc) is 3.99. The summed E-state index contributed by atoms with van der Waals surface area (Å²) in [5, 5.41) is 7.52. The van der Waals surface area contributed by atoms with Crippen molar-refractivity contribution in [2.45, 2.75) is 0 Å². The molecule has 0 saturated carbocycles. The number of thiophene rings is 2. The summed E-state index contributed by atoms with van der Waals surface area (Å²) in [5.74, 6) is 0. The first kappa shape index (κ1) is 33.2. The summed E-state index contributed by atoms with van der Waals surface area (Å²) in [4.78, 5) is 2.42. The number of fused-ring (bicyclic) bond motifs is 10. The molecule has 0 spiro atoms. The van der Waals surface area contributed by atoms with E-state index in [4.69, 9.17) is 4.42 Å². The molecule has 0 amide bonds. The largest absolute Gasteiger partial charge is 0.456 e. The number of hydrogen-bond acceptors (Lipinski definition) is 4. The number of furan rings is 1. The van der Waals surface area contributed by atoms with Gasteiger partial charge in [0.1, 0.15) is 11.2 Å². The highest BCUT2D eigenvalue weighted by molar-refractivity contribution is 7.27. The molecule has 12 aromatic rings. The molecule has 0 fully saturated rings. The zero-order valence-electron chi connectivity index (χ0n) is 31.2. The lowest BCUT2D eigenvalue weighted by atomic mass is 9.95. The second-order valence-corrected chi connectivity index (χ2v) is 16.9. The first-order valence-electron chi connectivity index (χ1n) is 19.6. The molecular weight excluding hydrogens is 743 g/mol. The Balaban J connectivity index is 0.984. The molecule has 58 heavy (non-hydrogen) atoms. The Labute approximate surface area is 343 Å². The fourth-order valence-corrected chi connectivity index (χ4v) is 11.2. The number of para-hydroxylation sites is 1. The van der Waals surface area contributed by atoms with Crippen molar-refractivity contribution in [2.24, 2.45) is 0 Å². The third-order valence-corrected chi connectivity index (χ3v) is 13.9. The van der Waals surface area contributed by atoms with Crippen molar-refractivity contribution >= 4 is 102 Å². The van der Waals surface area contributed by atoms with Crippen molar-refractivity contribution in [3.05, 3.63) is 200 Å². The lowest BCUT2D eigenvalue weighted by molar-refractivity contribution is 0.669. The Morgan fingerprint density at radius 3 is 1.76 bits per heavy atom. The highest BCUT2D eigenvalue weighted by atomic mass is 32.1. The van der Waals surface area contributed by atoms with E-state index in [-0.39, 0.29) is 0 Å². The fourth-order valence-electron chi connectivity index (χ4n) is 8.76. The van der Waals surface area contributed by atoms with Gasteiger partial charge < -0.3 is 9.32 Å². The Morgan fingerprint density at radius 2 is 0.931 bits per heavy atom. The summed E-state index contributed by atoms with van der Waals surface area (Å²) in [5.41, 5.74) is 12.4. The lowest BCUT2D eigenvalue weighted by Gasteiger charge is -2.27. The molecule has 0 aliphatic carbocycles. The molecule has 0 N–H and O–H groups in total. The van der Waals surface area contributed by atoms with Gasteiger partial charge in [0.25, 0.3) is 0 Å². The van der Waals surface area contributed by atoms with Gasteiger partial charge in [0, 0.05) is 57.8 Å². The summed E-state index contributed by atoms with van der Waals surface area (Å²) >= 11 is 3.72. The first-order valence-corrected chi connectivity index (χ1v) is 21.2. The molecule has 0 radical (unpaired) electrons. The third-order valence-electron chi connectivity index (χ3n) is 11.5. The van der Waals surface area contributed by atoms with E-state index in [0.29, 0.717) is 0 Å². The summed E-state index contributed by atoms with van der Waals surface area (Å²) in [6, 6.07) is 72.5. The van der Waals surface area contributed by atoms with E-state index in [1.165, 1.54) is 84.6 Å². The molecule has 4 heteroatoms. The smallest absolute Gasteiger partial charge is 0.137 e. The van der Waals surface area contributed by atoms with Crippen molar-refractivity contribution < 1.29 is 4.42 Å². The maximum absolute atomic E-state index is 6.50. The van der Waals surface area contributed by atoms with Crippen LogP contribution >= 0.6 is 22.7 Å². The van der Waals surface area contributed by atoms with Gasteiger partial charge in [0.2, 0.25) is 0 Å². The number of rotatable bonds is 6. The Hall–Kier alpha value is -6.98. The predicted octanol–water partition coefficient (Wildman–Crippen LogP) is 16.8. The van der Waals surface area contributed by atoms with Crippen LogP contribution in [0.1, 0.15) is 0 Å². The van der Waals surface area contributed by atoms with Gasteiger partial charge in [0.15, 0.2) is 0 Å². The van der Waals surface area contributed by atoms with Crippen molar-refractivity contribution in [1.29, 1.82) is 0 Å². The van der Waals surface area contributed by atoms with E-state index in [0.717, 1.165) is 28.1 Å². The highest BCUT2D eigenvalue weighted by Gasteiger charge is 2.21. The minimum absolute atomic E-state index is 0.924. The second kappa shape index (κ2) is 13.3. The average molecular weight is 776 g/mol. The number of benzene rings is 9. The zero-order valence-corrected chi connectivity index (χ0v) is 32.9. The Bertz CT molecular complexity index is 3500. The van der Waals surface area contributed by atoms with Crippen LogP contribution in [-0.4, -0.2) is 0 Å². The van der Waals surface area contributed by atoms with E-state index in [1.54, 1.807) is 0 Å². The van der Waals surface area contributed by atoms with Crippen LogP contribution in [0.5, 0.6) is 0 Å². The van der Waals surface area contributed by atoms with Gasteiger partial charge in [-0.25, -0.2) is 0 Å². The van der Waals surface area contributed by atoms with Gasteiger partial charge in [-0.3, -0.25) is 0 Å². The van der Waals surface area contributed by atoms with E-state index in [2.05, 4.69) is 199 Å². The molecule has 0 saturated heterocycles. The number of nitrogens with zero attached hydrogens (tertiary/aromatic N) is 1. The zero-order chi connectivity index (χ0) is 38.2. The van der Waals surface area contributed by atoms with Crippen LogP contribution in [0.25, 0.3) is 95.7 Å². The van der Waals surface area contributed by atoms with Gasteiger partial charge in [-0.1, -0.05) is 146 Å². The molecule has 272 valence electrons. The van der Waals surface area contributed by atoms with Gasteiger partial charge in [-0.2, -0.15) is 0 Å². The maximum atomic E-state index is 6.50. The SMILES string of the molecule is c1ccc(-c2ccc(N(c3cccc(-c4ccc(-c5cc6oc7ccccc7c6c6sc7ccccc7c56)cc4)c3)c3cccc4c3sc3ccccc34)cc2)cc1. The molecule has 0 aliphatic heterocycles. The van der Waals surface area contributed by atoms with Crippen molar-refractivity contribution in [1.82, 2.24) is 0 Å². The summed E-state index contributed by atoms with van der Waals surface area (Å²) in [6.07, 6.45) is 0. The van der Waals surface area contributed by atoms with Crippen LogP contribution in [0, 0.1) is 0 Å². The van der Waals surface area contributed by atoms with Gasteiger partial charge in [-0.05, 0) is 88.0 Å². The molecule has 12 rings (SSSR count). The van der Waals surface area contributed by atoms with Gasteiger partial charge in [0.05, 0.1) is 10.4 Å². The summed E-state index contributed by atoms with van der Waals surface area (Å²) in [7, 11) is 0. The third kappa shape index (κ3) is 5.30. The van der Waals surface area contributed by atoms with Crippen LogP contribution in [-0.2, 0) is 0 Å². The monoisotopic (exact) mass is 775 g/mol. The lowest BCUT2D eigenvalue weighted by Crippen LogP contribution is -2.10. The molecular formula is C54H33NOS2. The van der Waals surface area contributed by atoms with Crippen LogP contribution in [0.15, 0.2) is 205 Å². The van der Waals surface area contributed by atoms with Crippen molar-refractivity contribution in [3.63, 3.8) is 0 Å². The second-order valence-electron chi connectivity index (χ2n) is 14.8. The Morgan fingerprint density at radius 1 is 0.345 bits per heavy atom. The van der Waals surface area contributed by atoms with E-state index in [1.807, 2.05) is 28.7 Å². The normalized spacial score (nSPS) is 11.8. The molecule has 2 nitrogen and oxygen atoms in total. The van der Waals surface area contributed by atoms with Crippen molar-refractivity contribution in [2.75, 3.05) is 4.90 Å². The molecule has 3 heterocycles. The first-order chi connectivity index (χ1) is 28.7. The molecule has 3 aromatic heterocycles. The summed E-state index contributed by atoms with van der Waals surface area (Å²) in [6.45, 7) is 0. The van der Waals surface area contributed by atoms with E-state index < -0.39 is 0 Å². The summed E-state index contributed by atoms with van der Waals surface area (Å²) < 4.78 is 11.6. The van der Waals surface area contributed by atoms with E-state index >= 15 is 0 Å². The minimum Gasteiger partial charge on any atom is -0.456 e. The Kier molecular flexibility index (Phi) is 7.62. The predicted molar refractivity (Wildman–Crippen MR) is 250 cm³/mol. The molecule has 0 unspecified atom stereocenters. The number of hydrogen-bond donors (Lipinski definition) is 0. The standard InChI is InChI=1S/C54H33NOS2/c1-2-12-34(13-3-1)35-28-30-39(31-29-35)55(46-20-11-19-42-41-16-5-8-22-49(41)57-53(42)46)40-15-10-14-38(32-40)36-24-26-37(27-25-36)45-33-48-52(43-17-4-7-21-47(43)56-48)54-51(45)44-18-6-9-23-50(44)58-54/h1-33H. The minimum atomic E-state index is 0.924.